The Bertz CT molecular complexity index is 265. The van der Waals surface area contributed by atoms with Crippen molar-refractivity contribution in [3.8, 4) is 5.75 Å². The molecule has 0 aliphatic heterocycles. The Morgan fingerprint density at radius 2 is 2.33 bits per heavy atom. The van der Waals surface area contributed by atoms with Gasteiger partial charge in [0.25, 0.3) is 5.95 Å². The third kappa shape index (κ3) is 1.92. The van der Waals surface area contributed by atoms with Crippen molar-refractivity contribution in [1.82, 2.24) is 4.98 Å². The summed E-state index contributed by atoms with van der Waals surface area (Å²) in [6, 6.07) is 3.18. The molecule has 0 aromatic carbocycles. The Labute approximate surface area is 70.4 Å². The highest BCUT2D eigenvalue weighted by atomic mass is 19.1. The Kier molecular flexibility index (Phi) is 2.99. The summed E-state index contributed by atoms with van der Waals surface area (Å²) in [7, 11) is 0. The molecule has 0 saturated carbocycles. The van der Waals surface area contributed by atoms with Crippen molar-refractivity contribution in [2.75, 3.05) is 6.61 Å². The zero-order chi connectivity index (χ0) is 8.97. The van der Waals surface area contributed by atoms with Crippen LogP contribution in [0.4, 0.5) is 4.39 Å². The molecule has 0 saturated heterocycles. The van der Waals surface area contributed by atoms with Crippen LogP contribution in [-0.2, 0) is 6.54 Å². The number of nitrogens with two attached hydrogens (primary N) is 1. The van der Waals surface area contributed by atoms with Gasteiger partial charge in [0.1, 0.15) is 0 Å². The third-order valence-corrected chi connectivity index (χ3v) is 1.38. The second kappa shape index (κ2) is 4.01. The summed E-state index contributed by atoms with van der Waals surface area (Å²) in [4.78, 5) is 3.59. The van der Waals surface area contributed by atoms with E-state index in [9.17, 15) is 4.39 Å². The lowest BCUT2D eigenvalue weighted by atomic mass is 10.3. The highest BCUT2D eigenvalue weighted by Crippen LogP contribution is 2.14. The molecule has 0 fully saturated rings. The molecule has 0 radical (unpaired) electrons. The van der Waals surface area contributed by atoms with Crippen LogP contribution >= 0.6 is 0 Å². The monoisotopic (exact) mass is 170 g/mol. The van der Waals surface area contributed by atoms with Gasteiger partial charge in [0, 0.05) is 6.54 Å². The van der Waals surface area contributed by atoms with Crippen LogP contribution < -0.4 is 10.5 Å². The normalized spacial score (nSPS) is 9.92. The molecule has 3 nitrogen and oxygen atoms in total. The van der Waals surface area contributed by atoms with Crippen LogP contribution in [0.15, 0.2) is 12.1 Å². The van der Waals surface area contributed by atoms with E-state index in [2.05, 4.69) is 4.98 Å². The van der Waals surface area contributed by atoms with Gasteiger partial charge in [-0.1, -0.05) is 0 Å². The van der Waals surface area contributed by atoms with E-state index in [4.69, 9.17) is 10.5 Å². The molecular formula is C8H11FN2O. The molecule has 0 atom stereocenters. The van der Waals surface area contributed by atoms with Crippen LogP contribution in [0, 0.1) is 5.95 Å². The fraction of sp³-hybridized carbons (Fsp3) is 0.375. The third-order valence-electron chi connectivity index (χ3n) is 1.38. The van der Waals surface area contributed by atoms with Crippen molar-refractivity contribution < 1.29 is 9.13 Å². The van der Waals surface area contributed by atoms with Gasteiger partial charge in [-0.05, 0) is 19.1 Å². The number of hydrogen-bond acceptors (Lipinski definition) is 3. The summed E-state index contributed by atoms with van der Waals surface area (Å²) < 4.78 is 17.9. The van der Waals surface area contributed by atoms with Crippen LogP contribution in [-0.4, -0.2) is 11.6 Å². The van der Waals surface area contributed by atoms with Crippen LogP contribution in [0.1, 0.15) is 12.6 Å². The molecule has 0 aliphatic rings. The van der Waals surface area contributed by atoms with Crippen LogP contribution in [0.3, 0.4) is 0 Å². The molecule has 0 spiro atoms. The first-order valence-electron chi connectivity index (χ1n) is 3.76. The fourth-order valence-corrected chi connectivity index (χ4v) is 0.836. The highest BCUT2D eigenvalue weighted by molar-refractivity contribution is 5.21. The Morgan fingerprint density at radius 3 is 2.83 bits per heavy atom. The Balaban J connectivity index is 2.87. The molecule has 0 unspecified atom stereocenters. The molecule has 0 amide bonds. The molecule has 66 valence electrons. The summed E-state index contributed by atoms with van der Waals surface area (Å²) in [5.41, 5.74) is 5.80. The lowest BCUT2D eigenvalue weighted by Crippen LogP contribution is -2.03. The predicted molar refractivity (Wildman–Crippen MR) is 43.3 cm³/mol. The number of pyridine rings is 1. The molecule has 1 heterocycles. The van der Waals surface area contributed by atoms with Crippen molar-refractivity contribution in [2.45, 2.75) is 13.5 Å². The largest absolute Gasteiger partial charge is 0.489 e. The average Bonchev–Trinajstić information content (AvgIpc) is 2.09. The number of hydrogen-bond donors (Lipinski definition) is 1. The highest BCUT2D eigenvalue weighted by Gasteiger charge is 2.03. The minimum atomic E-state index is -0.597. The van der Waals surface area contributed by atoms with E-state index < -0.39 is 5.95 Å². The van der Waals surface area contributed by atoms with Crippen LogP contribution in [0.5, 0.6) is 5.75 Å². The maximum absolute atomic E-state index is 12.9. The second-order valence-corrected chi connectivity index (χ2v) is 2.23. The average molecular weight is 170 g/mol. The minimum absolute atomic E-state index is 0.176. The standard InChI is InChI=1S/C8H11FN2O/c1-2-12-7-4-3-6(5-10)11-8(7)9/h3-4H,2,5,10H2,1H3. The van der Waals surface area contributed by atoms with Gasteiger partial charge < -0.3 is 10.5 Å². The topological polar surface area (TPSA) is 48.1 Å². The van der Waals surface area contributed by atoms with Crippen LogP contribution in [0.2, 0.25) is 0 Å². The summed E-state index contributed by atoms with van der Waals surface area (Å²) in [5, 5.41) is 0. The summed E-state index contributed by atoms with van der Waals surface area (Å²) in [6.45, 7) is 2.46. The van der Waals surface area contributed by atoms with E-state index in [0.717, 1.165) is 0 Å². The molecule has 2 N–H and O–H groups in total. The molecule has 0 aliphatic carbocycles. The van der Waals surface area contributed by atoms with Gasteiger partial charge in [-0.3, -0.25) is 0 Å². The first-order chi connectivity index (χ1) is 5.77. The number of halogens is 1. The van der Waals surface area contributed by atoms with Crippen molar-refractivity contribution in [2.24, 2.45) is 5.73 Å². The van der Waals surface area contributed by atoms with Gasteiger partial charge in [0.15, 0.2) is 5.75 Å². The van der Waals surface area contributed by atoms with Gasteiger partial charge in [-0.15, -0.1) is 0 Å². The Hall–Kier alpha value is -1.16. The van der Waals surface area contributed by atoms with Gasteiger partial charge in [0.05, 0.1) is 12.3 Å². The van der Waals surface area contributed by atoms with Crippen molar-refractivity contribution in [3.05, 3.63) is 23.8 Å². The van der Waals surface area contributed by atoms with Gasteiger partial charge in [-0.2, -0.15) is 4.39 Å². The molecule has 1 rings (SSSR count). The maximum Gasteiger partial charge on any atom is 0.255 e. The second-order valence-electron chi connectivity index (χ2n) is 2.23. The number of ether oxygens (including phenoxy) is 1. The first-order valence-corrected chi connectivity index (χ1v) is 3.76. The zero-order valence-corrected chi connectivity index (χ0v) is 6.88. The SMILES string of the molecule is CCOc1ccc(CN)nc1F. The zero-order valence-electron chi connectivity index (χ0n) is 6.88. The molecule has 4 heteroatoms. The number of rotatable bonds is 3. The number of nitrogens with zero attached hydrogens (tertiary/aromatic N) is 1. The first kappa shape index (κ1) is 8.93. The van der Waals surface area contributed by atoms with Gasteiger partial charge in [0.2, 0.25) is 0 Å². The summed E-state index contributed by atoms with van der Waals surface area (Å²) >= 11 is 0. The molecule has 0 bridgehead atoms. The van der Waals surface area contributed by atoms with E-state index in [1.165, 1.54) is 6.07 Å². The van der Waals surface area contributed by atoms with Gasteiger partial charge in [-0.25, -0.2) is 4.98 Å². The lowest BCUT2D eigenvalue weighted by Gasteiger charge is -2.03. The maximum atomic E-state index is 12.9. The van der Waals surface area contributed by atoms with Crippen molar-refractivity contribution in [3.63, 3.8) is 0 Å². The lowest BCUT2D eigenvalue weighted by molar-refractivity contribution is 0.315. The van der Waals surface area contributed by atoms with E-state index in [0.29, 0.717) is 12.3 Å². The quantitative estimate of drug-likeness (QED) is 0.690. The van der Waals surface area contributed by atoms with E-state index in [1.807, 2.05) is 0 Å². The molecule has 1 aromatic heterocycles. The predicted octanol–water partition coefficient (Wildman–Crippen LogP) is 1.08. The van der Waals surface area contributed by atoms with E-state index in [-0.39, 0.29) is 12.3 Å². The fourth-order valence-electron chi connectivity index (χ4n) is 0.836. The summed E-state index contributed by atoms with van der Waals surface area (Å²) in [6.07, 6.45) is 0. The van der Waals surface area contributed by atoms with Gasteiger partial charge >= 0.3 is 0 Å². The summed E-state index contributed by atoms with van der Waals surface area (Å²) in [5.74, 6) is -0.422. The van der Waals surface area contributed by atoms with E-state index in [1.54, 1.807) is 13.0 Å². The number of aromatic nitrogens is 1. The van der Waals surface area contributed by atoms with E-state index >= 15 is 0 Å². The smallest absolute Gasteiger partial charge is 0.255 e. The van der Waals surface area contributed by atoms with Crippen LogP contribution in [0.25, 0.3) is 0 Å². The molecular weight excluding hydrogens is 159 g/mol. The minimum Gasteiger partial charge on any atom is -0.489 e. The molecule has 1 aromatic rings. The van der Waals surface area contributed by atoms with Crippen molar-refractivity contribution >= 4 is 0 Å². The van der Waals surface area contributed by atoms with Crippen molar-refractivity contribution in [1.29, 1.82) is 0 Å². The molecule has 12 heavy (non-hydrogen) atoms. The Morgan fingerprint density at radius 1 is 1.58 bits per heavy atom.